The van der Waals surface area contributed by atoms with Crippen LogP contribution >= 0.6 is 0 Å². The van der Waals surface area contributed by atoms with E-state index >= 15 is 0 Å². The molecule has 0 fully saturated rings. The van der Waals surface area contributed by atoms with Crippen LogP contribution in [0.5, 0.6) is 0 Å². The van der Waals surface area contributed by atoms with E-state index in [1.54, 1.807) is 18.7 Å². The minimum atomic E-state index is -0.611. The number of fused-ring (bicyclic) bond motifs is 2. The minimum Gasteiger partial charge on any atom is -1.00 e. The molecule has 0 radical (unpaired) electrons. The fraction of sp³-hybridized carbons (Fsp3) is 0.111. The van der Waals surface area contributed by atoms with Gasteiger partial charge >= 0.3 is 21.1 Å². The number of benzene rings is 2. The Labute approximate surface area is 164 Å². The maximum Gasteiger partial charge on any atom is 2.00 e. The van der Waals surface area contributed by atoms with Gasteiger partial charge in [-0.05, 0) is 22.5 Å². The maximum absolute atomic E-state index is 12.4. The third-order valence-corrected chi connectivity index (χ3v) is 3.37. The summed E-state index contributed by atoms with van der Waals surface area (Å²) in [7, 11) is -0.611. The second kappa shape index (κ2) is 8.66. The van der Waals surface area contributed by atoms with E-state index in [0.29, 0.717) is 5.56 Å². The molecule has 1 aliphatic carbocycles. The average Bonchev–Trinajstić information content (AvgIpc) is 2.52. The van der Waals surface area contributed by atoms with Gasteiger partial charge in [0.05, 0.1) is 0 Å². The zero-order valence-corrected chi connectivity index (χ0v) is 16.8. The Morgan fingerprint density at radius 3 is 2.42 bits per heavy atom. The van der Waals surface area contributed by atoms with Crippen molar-refractivity contribution in [1.82, 2.24) is 4.98 Å². The smallest absolute Gasteiger partial charge is 1.00 e. The zero-order chi connectivity index (χ0) is 15.7. The maximum atomic E-state index is 12.4. The van der Waals surface area contributed by atoms with Gasteiger partial charge in [-0.3, -0.25) is 9.00 Å². The van der Waals surface area contributed by atoms with Crippen LogP contribution in [0.15, 0.2) is 48.7 Å². The molecule has 0 spiro atoms. The van der Waals surface area contributed by atoms with Crippen molar-refractivity contribution < 1.29 is 42.5 Å². The second-order valence-corrected chi connectivity index (χ2v) is 6.58. The van der Waals surface area contributed by atoms with Crippen LogP contribution in [-0.2, 0) is 31.9 Å². The van der Waals surface area contributed by atoms with Gasteiger partial charge in [0.25, 0.3) is 0 Å². The average molecular weight is 539 g/mol. The molecule has 0 saturated heterocycles. The van der Waals surface area contributed by atoms with Gasteiger partial charge < -0.3 is 17.4 Å². The number of ketones is 1. The van der Waals surface area contributed by atoms with E-state index in [-0.39, 0.29) is 39.3 Å². The second-order valence-electron chi connectivity index (χ2n) is 5.09. The zero-order valence-electron chi connectivity index (χ0n) is 13.0. The molecular weight excluding hydrogens is 525 g/mol. The van der Waals surface area contributed by atoms with Crippen molar-refractivity contribution in [1.29, 1.82) is 0 Å². The Hall–Kier alpha value is -1.35. The number of rotatable bonds is 0. The van der Waals surface area contributed by atoms with Gasteiger partial charge in [0.15, 0.2) is 5.78 Å². The van der Waals surface area contributed by atoms with Crippen LogP contribution in [0.25, 0.3) is 22.0 Å². The van der Waals surface area contributed by atoms with Crippen LogP contribution in [-0.4, -0.2) is 27.5 Å². The number of aromatic nitrogens is 1. The molecule has 2 aromatic carbocycles. The molecule has 0 aliphatic heterocycles. The number of carbonyl (C=O) groups is 1. The Morgan fingerprint density at radius 2 is 1.71 bits per heavy atom. The molecule has 0 amide bonds. The number of hydrogen-bond acceptors (Lipinski definition) is 3. The Kier molecular flexibility index (Phi) is 7.47. The third-order valence-electron chi connectivity index (χ3n) is 3.37. The molecule has 3 nitrogen and oxygen atoms in total. The third kappa shape index (κ3) is 3.83. The number of hydrogen-bond donors (Lipinski definition) is 0. The van der Waals surface area contributed by atoms with Crippen LogP contribution in [0.4, 0.5) is 0 Å². The Balaban J connectivity index is 0.000000438. The summed E-state index contributed by atoms with van der Waals surface area (Å²) in [6.07, 6.45) is 5.06. The van der Waals surface area contributed by atoms with Gasteiger partial charge in [0.1, 0.15) is 0 Å². The molecule has 0 bridgehead atoms. The summed E-state index contributed by atoms with van der Waals surface area (Å²) in [6.45, 7) is 0. The van der Waals surface area contributed by atoms with Crippen molar-refractivity contribution in [2.75, 3.05) is 12.5 Å². The van der Waals surface area contributed by atoms with Crippen molar-refractivity contribution in [3.8, 4) is 11.3 Å². The SMILES string of the molecule is CS(C)=O.O=C1c2ccc[c-]c2-c2nccc3cccc1c23.[Cl-].[Pt+2]. The topological polar surface area (TPSA) is 47.0 Å². The number of carbonyl (C=O) groups excluding carboxylic acids is 1. The molecule has 1 heterocycles. The number of halogens is 1. The molecule has 1 aromatic heterocycles. The number of pyridine rings is 1. The van der Waals surface area contributed by atoms with E-state index in [4.69, 9.17) is 0 Å². The van der Waals surface area contributed by atoms with Gasteiger partial charge in [-0.2, -0.15) is 0 Å². The predicted molar refractivity (Wildman–Crippen MR) is 89.4 cm³/mol. The van der Waals surface area contributed by atoms with Crippen LogP contribution in [0, 0.1) is 6.07 Å². The normalized spacial score (nSPS) is 10.9. The van der Waals surface area contributed by atoms with E-state index in [9.17, 15) is 9.00 Å². The predicted octanol–water partition coefficient (Wildman–Crippen LogP) is 0.243. The summed E-state index contributed by atoms with van der Waals surface area (Å²) in [4.78, 5) is 16.9. The summed E-state index contributed by atoms with van der Waals surface area (Å²) in [5.74, 6) is 0.0629. The molecule has 0 unspecified atom stereocenters. The van der Waals surface area contributed by atoms with Crippen molar-refractivity contribution in [2.24, 2.45) is 0 Å². The van der Waals surface area contributed by atoms with Gasteiger partial charge in [-0.1, -0.05) is 23.8 Å². The first-order valence-electron chi connectivity index (χ1n) is 6.78. The van der Waals surface area contributed by atoms with Gasteiger partial charge in [-0.15, -0.1) is 29.8 Å². The fourth-order valence-electron chi connectivity index (χ4n) is 2.58. The quantitative estimate of drug-likeness (QED) is 0.302. The molecule has 126 valence electrons. The molecule has 4 rings (SSSR count). The van der Waals surface area contributed by atoms with Crippen LogP contribution in [0.2, 0.25) is 0 Å². The summed E-state index contributed by atoms with van der Waals surface area (Å²) in [5, 5.41) is 1.99. The van der Waals surface area contributed by atoms with Crippen molar-refractivity contribution in [3.05, 3.63) is 65.9 Å². The first kappa shape index (κ1) is 20.7. The van der Waals surface area contributed by atoms with Crippen LogP contribution < -0.4 is 12.4 Å². The van der Waals surface area contributed by atoms with Crippen LogP contribution in [0.3, 0.4) is 0 Å². The summed E-state index contributed by atoms with van der Waals surface area (Å²) in [5.41, 5.74) is 3.10. The number of nitrogens with zero attached hydrogens (tertiary/aromatic N) is 1. The Morgan fingerprint density at radius 1 is 1.04 bits per heavy atom. The van der Waals surface area contributed by atoms with Crippen molar-refractivity contribution in [2.45, 2.75) is 0 Å². The molecule has 0 atom stereocenters. The monoisotopic (exact) mass is 538 g/mol. The molecule has 6 heteroatoms. The van der Waals surface area contributed by atoms with Crippen LogP contribution in [0.1, 0.15) is 15.9 Å². The summed E-state index contributed by atoms with van der Waals surface area (Å²) >= 11 is 0. The van der Waals surface area contributed by atoms with Gasteiger partial charge in [0.2, 0.25) is 0 Å². The largest absolute Gasteiger partial charge is 2.00 e. The van der Waals surface area contributed by atoms with E-state index in [1.807, 2.05) is 42.5 Å². The standard InChI is InChI=1S/C16H8NO.C2H6OS.ClH.Pt/c18-16-12-6-2-1-5-11(12)15-14-10(8-9-17-15)4-3-7-13(14)16;1-4(2)3;;/h1-4,6-9H;1-2H3;1H;/q-1;;;+2/p-1. The van der Waals surface area contributed by atoms with Gasteiger partial charge in [0, 0.05) is 35.1 Å². The van der Waals surface area contributed by atoms with E-state index in [0.717, 1.165) is 27.6 Å². The minimum absolute atomic E-state index is 0. The van der Waals surface area contributed by atoms with Crippen molar-refractivity contribution >= 4 is 27.4 Å². The summed E-state index contributed by atoms with van der Waals surface area (Å²) < 4.78 is 9.56. The van der Waals surface area contributed by atoms with E-state index < -0.39 is 10.8 Å². The first-order chi connectivity index (χ1) is 10.6. The van der Waals surface area contributed by atoms with Gasteiger partial charge in [-0.25, -0.2) is 0 Å². The van der Waals surface area contributed by atoms with E-state index in [2.05, 4.69) is 11.1 Å². The molecule has 24 heavy (non-hydrogen) atoms. The molecule has 1 aliphatic rings. The molecular formula is C18H14ClNO2PtS. The first-order valence-corrected chi connectivity index (χ1v) is 8.75. The summed E-state index contributed by atoms with van der Waals surface area (Å²) in [6, 6.07) is 16.4. The van der Waals surface area contributed by atoms with E-state index in [1.165, 1.54) is 0 Å². The molecule has 0 N–H and O–H groups in total. The molecule has 3 aromatic rings. The van der Waals surface area contributed by atoms with Crippen molar-refractivity contribution in [3.63, 3.8) is 0 Å². The molecule has 0 saturated carbocycles. The Bertz CT molecular complexity index is 905. The fourth-order valence-corrected chi connectivity index (χ4v) is 2.58.